The van der Waals surface area contributed by atoms with E-state index in [4.69, 9.17) is 9.47 Å². The van der Waals surface area contributed by atoms with Gasteiger partial charge in [0.05, 0.1) is 18.8 Å². The Morgan fingerprint density at radius 1 is 1.13 bits per heavy atom. The first-order chi connectivity index (χ1) is 15.0. The molecule has 0 saturated carbocycles. The lowest BCUT2D eigenvalue weighted by molar-refractivity contribution is -0.252. The van der Waals surface area contributed by atoms with Gasteiger partial charge in [0, 0.05) is 38.5 Å². The van der Waals surface area contributed by atoms with Crippen molar-refractivity contribution in [3.8, 4) is 0 Å². The highest BCUT2D eigenvalue weighted by atomic mass is 16.7. The van der Waals surface area contributed by atoms with E-state index in [1.165, 1.54) is 6.92 Å². The van der Waals surface area contributed by atoms with Gasteiger partial charge in [0.1, 0.15) is 0 Å². The Labute approximate surface area is 184 Å². The van der Waals surface area contributed by atoms with Crippen LogP contribution in [0.5, 0.6) is 0 Å². The van der Waals surface area contributed by atoms with Crippen LogP contribution in [0.3, 0.4) is 0 Å². The van der Waals surface area contributed by atoms with E-state index in [-0.39, 0.29) is 24.7 Å². The lowest BCUT2D eigenvalue weighted by Crippen LogP contribution is -2.37. The molecule has 1 saturated heterocycles. The summed E-state index contributed by atoms with van der Waals surface area (Å²) >= 11 is 0. The third-order valence-electron chi connectivity index (χ3n) is 5.36. The van der Waals surface area contributed by atoms with Crippen LogP contribution in [0.1, 0.15) is 48.0 Å². The van der Waals surface area contributed by atoms with Gasteiger partial charge in [-0.1, -0.05) is 54.6 Å². The standard InChI is InChI=1S/C25H32N2O4/c1-4-13-27(3)16-23-14-24(21-9-7-20(17-28)8-10-21)31-25(30-23)22-11-5-19(6-12-22)15-26-18(2)29/h4-12,23-25,28H,1,13-17H2,2-3H3,(H,26,29). The largest absolute Gasteiger partial charge is 0.392 e. The molecule has 166 valence electrons. The molecule has 0 aliphatic carbocycles. The molecule has 2 aromatic rings. The molecule has 0 aromatic heterocycles. The number of amides is 1. The zero-order valence-electron chi connectivity index (χ0n) is 18.3. The highest BCUT2D eigenvalue weighted by Crippen LogP contribution is 2.38. The number of carbonyl (C=O) groups excluding carboxylic acids is 1. The summed E-state index contributed by atoms with van der Waals surface area (Å²) in [4.78, 5) is 13.3. The van der Waals surface area contributed by atoms with Crippen LogP contribution in [-0.2, 0) is 27.4 Å². The fourth-order valence-electron chi connectivity index (χ4n) is 3.69. The summed E-state index contributed by atoms with van der Waals surface area (Å²) in [7, 11) is 2.05. The van der Waals surface area contributed by atoms with Gasteiger partial charge in [-0.25, -0.2) is 0 Å². The highest BCUT2D eigenvalue weighted by Gasteiger charge is 2.32. The molecule has 1 aliphatic rings. The van der Waals surface area contributed by atoms with E-state index >= 15 is 0 Å². The van der Waals surface area contributed by atoms with Gasteiger partial charge in [-0.05, 0) is 23.7 Å². The van der Waals surface area contributed by atoms with Crippen molar-refractivity contribution < 1.29 is 19.4 Å². The van der Waals surface area contributed by atoms with E-state index in [0.717, 1.165) is 41.8 Å². The average molecular weight is 425 g/mol. The zero-order chi connectivity index (χ0) is 22.2. The topological polar surface area (TPSA) is 71.0 Å². The Morgan fingerprint density at radius 2 is 1.77 bits per heavy atom. The van der Waals surface area contributed by atoms with Crippen LogP contribution in [0.25, 0.3) is 0 Å². The number of hydrogen-bond acceptors (Lipinski definition) is 5. The summed E-state index contributed by atoms with van der Waals surface area (Å²) in [5, 5.41) is 12.1. The van der Waals surface area contributed by atoms with E-state index in [0.29, 0.717) is 6.54 Å². The van der Waals surface area contributed by atoms with Crippen molar-refractivity contribution in [2.75, 3.05) is 20.1 Å². The van der Waals surface area contributed by atoms with Crippen molar-refractivity contribution in [1.82, 2.24) is 10.2 Å². The summed E-state index contributed by atoms with van der Waals surface area (Å²) in [6, 6.07) is 15.8. The molecular weight excluding hydrogens is 392 g/mol. The molecule has 31 heavy (non-hydrogen) atoms. The number of aliphatic hydroxyl groups is 1. The van der Waals surface area contributed by atoms with Crippen molar-refractivity contribution in [3.63, 3.8) is 0 Å². The number of aliphatic hydroxyl groups excluding tert-OH is 1. The Bertz CT molecular complexity index is 851. The third kappa shape index (κ3) is 6.74. The van der Waals surface area contributed by atoms with Crippen LogP contribution < -0.4 is 5.32 Å². The minimum absolute atomic E-state index is 0.00488. The van der Waals surface area contributed by atoms with E-state index in [9.17, 15) is 9.90 Å². The first kappa shape index (κ1) is 23.2. The maximum Gasteiger partial charge on any atom is 0.217 e. The second-order valence-corrected chi connectivity index (χ2v) is 8.01. The van der Waals surface area contributed by atoms with Crippen molar-refractivity contribution in [2.45, 2.75) is 45.0 Å². The third-order valence-corrected chi connectivity index (χ3v) is 5.36. The molecule has 6 heteroatoms. The molecule has 3 atom stereocenters. The number of nitrogens with one attached hydrogen (secondary N) is 1. The van der Waals surface area contributed by atoms with Gasteiger partial charge in [0.2, 0.25) is 5.91 Å². The molecule has 1 amide bonds. The van der Waals surface area contributed by atoms with Gasteiger partial charge in [-0.3, -0.25) is 4.79 Å². The Kier molecular flexibility index (Phi) is 8.37. The molecule has 2 aromatic carbocycles. The Balaban J connectivity index is 1.77. The lowest BCUT2D eigenvalue weighted by atomic mass is 9.99. The van der Waals surface area contributed by atoms with Gasteiger partial charge in [-0.2, -0.15) is 0 Å². The molecule has 1 heterocycles. The number of likely N-dealkylation sites (N-methyl/N-ethyl adjacent to an activating group) is 1. The lowest BCUT2D eigenvalue weighted by Gasteiger charge is -2.37. The van der Waals surface area contributed by atoms with Crippen LogP contribution in [0.2, 0.25) is 0 Å². The molecule has 2 N–H and O–H groups in total. The second-order valence-electron chi connectivity index (χ2n) is 8.01. The highest BCUT2D eigenvalue weighted by molar-refractivity contribution is 5.72. The Hall–Kier alpha value is -2.51. The summed E-state index contributed by atoms with van der Waals surface area (Å²) < 4.78 is 12.7. The molecule has 3 unspecified atom stereocenters. The second kappa shape index (κ2) is 11.2. The van der Waals surface area contributed by atoms with Crippen LogP contribution in [0.4, 0.5) is 0 Å². The molecule has 1 aliphatic heterocycles. The van der Waals surface area contributed by atoms with Crippen LogP contribution in [-0.4, -0.2) is 42.2 Å². The van der Waals surface area contributed by atoms with Crippen molar-refractivity contribution in [2.24, 2.45) is 0 Å². The number of ether oxygens (including phenoxy) is 2. The number of nitrogens with zero attached hydrogens (tertiary/aromatic N) is 1. The summed E-state index contributed by atoms with van der Waals surface area (Å²) in [6.45, 7) is 7.41. The number of carbonyl (C=O) groups is 1. The zero-order valence-corrected chi connectivity index (χ0v) is 18.3. The van der Waals surface area contributed by atoms with Gasteiger partial charge in [0.25, 0.3) is 0 Å². The first-order valence-electron chi connectivity index (χ1n) is 10.6. The predicted molar refractivity (Wildman–Crippen MR) is 120 cm³/mol. The molecule has 3 rings (SSSR count). The number of benzene rings is 2. The van der Waals surface area contributed by atoms with Gasteiger partial charge < -0.3 is 24.8 Å². The molecule has 0 bridgehead atoms. The first-order valence-corrected chi connectivity index (χ1v) is 10.6. The fourth-order valence-corrected chi connectivity index (χ4v) is 3.69. The monoisotopic (exact) mass is 424 g/mol. The smallest absolute Gasteiger partial charge is 0.217 e. The van der Waals surface area contributed by atoms with Crippen LogP contribution in [0, 0.1) is 0 Å². The maximum absolute atomic E-state index is 11.1. The van der Waals surface area contributed by atoms with Crippen molar-refractivity contribution in [3.05, 3.63) is 83.4 Å². The fraction of sp³-hybridized carbons (Fsp3) is 0.400. The van der Waals surface area contributed by atoms with E-state index in [1.807, 2.05) is 54.6 Å². The minimum Gasteiger partial charge on any atom is -0.392 e. The minimum atomic E-state index is -0.479. The molecule has 6 nitrogen and oxygen atoms in total. The van der Waals surface area contributed by atoms with Crippen LogP contribution >= 0.6 is 0 Å². The summed E-state index contributed by atoms with van der Waals surface area (Å²) in [6.07, 6.45) is 2.05. The number of hydrogen-bond donors (Lipinski definition) is 2. The Morgan fingerprint density at radius 3 is 2.39 bits per heavy atom. The molecule has 0 spiro atoms. The SMILES string of the molecule is C=CCN(C)CC1CC(c2ccc(CO)cc2)OC(c2ccc(CNC(C)=O)cc2)O1. The van der Waals surface area contributed by atoms with Gasteiger partial charge >= 0.3 is 0 Å². The van der Waals surface area contributed by atoms with Gasteiger partial charge in [-0.15, -0.1) is 6.58 Å². The number of rotatable bonds is 9. The molecule has 1 fully saturated rings. The van der Waals surface area contributed by atoms with Crippen molar-refractivity contribution in [1.29, 1.82) is 0 Å². The average Bonchev–Trinajstić information content (AvgIpc) is 2.78. The normalized spacial score (nSPS) is 21.1. The van der Waals surface area contributed by atoms with E-state index < -0.39 is 6.29 Å². The van der Waals surface area contributed by atoms with Crippen LogP contribution in [0.15, 0.2) is 61.2 Å². The quantitative estimate of drug-likeness (QED) is 0.603. The summed E-state index contributed by atoms with van der Waals surface area (Å²) in [5.74, 6) is -0.0513. The molecule has 0 radical (unpaired) electrons. The van der Waals surface area contributed by atoms with E-state index in [2.05, 4.69) is 23.8 Å². The predicted octanol–water partition coefficient (Wildman–Crippen LogP) is 3.48. The molecular formula is C25H32N2O4. The summed E-state index contributed by atoms with van der Waals surface area (Å²) in [5.41, 5.74) is 3.92. The van der Waals surface area contributed by atoms with Crippen molar-refractivity contribution >= 4 is 5.91 Å². The maximum atomic E-state index is 11.1. The van der Waals surface area contributed by atoms with Gasteiger partial charge in [0.15, 0.2) is 6.29 Å². The van der Waals surface area contributed by atoms with E-state index in [1.54, 1.807) is 0 Å².